The van der Waals surface area contributed by atoms with Gasteiger partial charge in [-0.05, 0) is 42.0 Å². The quantitative estimate of drug-likeness (QED) is 0.601. The highest BCUT2D eigenvalue weighted by atomic mass is 16.3. The summed E-state index contributed by atoms with van der Waals surface area (Å²) < 4.78 is 1.71. The minimum Gasteiger partial charge on any atom is -0.508 e. The molecule has 24 heavy (non-hydrogen) atoms. The molecule has 0 bridgehead atoms. The fourth-order valence-electron chi connectivity index (χ4n) is 2.42. The zero-order valence-corrected chi connectivity index (χ0v) is 12.7. The largest absolute Gasteiger partial charge is 0.508 e. The summed E-state index contributed by atoms with van der Waals surface area (Å²) >= 11 is 0. The summed E-state index contributed by atoms with van der Waals surface area (Å²) in [5, 5.41) is 25.6. The number of nitrogens with one attached hydrogen (secondary N) is 1. The van der Waals surface area contributed by atoms with Gasteiger partial charge in [0.15, 0.2) is 17.3 Å². The van der Waals surface area contributed by atoms with Gasteiger partial charge in [0.1, 0.15) is 5.75 Å². The molecule has 7 heteroatoms. The van der Waals surface area contributed by atoms with Crippen LogP contribution in [0.15, 0.2) is 60.9 Å². The lowest BCUT2D eigenvalue weighted by atomic mass is 10.2. The van der Waals surface area contributed by atoms with Crippen LogP contribution < -0.4 is 5.32 Å². The molecule has 0 fully saturated rings. The Morgan fingerprint density at radius 1 is 1.00 bits per heavy atom. The molecule has 0 unspecified atom stereocenters. The second-order valence-electron chi connectivity index (χ2n) is 5.31. The van der Waals surface area contributed by atoms with Gasteiger partial charge < -0.3 is 10.4 Å². The van der Waals surface area contributed by atoms with E-state index in [0.29, 0.717) is 17.9 Å². The third-order valence-corrected chi connectivity index (χ3v) is 3.56. The molecule has 0 atom stereocenters. The number of anilines is 2. The predicted molar refractivity (Wildman–Crippen MR) is 89.2 cm³/mol. The molecular formula is C17H14N6O. The van der Waals surface area contributed by atoms with Crippen LogP contribution in [0.1, 0.15) is 11.4 Å². The van der Waals surface area contributed by atoms with E-state index in [4.69, 9.17) is 0 Å². The van der Waals surface area contributed by atoms with Gasteiger partial charge in [0.2, 0.25) is 0 Å². The lowest BCUT2D eigenvalue weighted by Gasteiger charge is -2.06. The Morgan fingerprint density at radius 3 is 2.71 bits per heavy atom. The van der Waals surface area contributed by atoms with Crippen molar-refractivity contribution in [2.24, 2.45) is 0 Å². The minimum atomic E-state index is 0.198. The van der Waals surface area contributed by atoms with Gasteiger partial charge in [0.05, 0.1) is 0 Å². The number of hydrogen-bond acceptors (Lipinski definition) is 6. The van der Waals surface area contributed by atoms with Crippen molar-refractivity contribution in [1.29, 1.82) is 0 Å². The summed E-state index contributed by atoms with van der Waals surface area (Å²) in [4.78, 5) is 4.02. The van der Waals surface area contributed by atoms with Gasteiger partial charge in [-0.2, -0.15) is 4.52 Å². The summed E-state index contributed by atoms with van der Waals surface area (Å²) in [5.41, 5.74) is 2.53. The van der Waals surface area contributed by atoms with Crippen molar-refractivity contribution in [2.75, 3.05) is 5.32 Å². The highest BCUT2D eigenvalue weighted by Gasteiger charge is 2.09. The normalized spacial score (nSPS) is 10.8. The van der Waals surface area contributed by atoms with Crippen molar-refractivity contribution in [1.82, 2.24) is 24.8 Å². The topological polar surface area (TPSA) is 88.2 Å². The second-order valence-corrected chi connectivity index (χ2v) is 5.31. The van der Waals surface area contributed by atoms with Gasteiger partial charge in [-0.1, -0.05) is 6.07 Å². The molecule has 118 valence electrons. The Kier molecular flexibility index (Phi) is 3.51. The number of aromatic hydroxyl groups is 1. The maximum absolute atomic E-state index is 9.55. The van der Waals surface area contributed by atoms with Crippen molar-refractivity contribution in [3.05, 3.63) is 72.3 Å². The van der Waals surface area contributed by atoms with Crippen LogP contribution in [0.2, 0.25) is 0 Å². The number of phenolic OH excluding ortho intramolecular Hbond substituents is 1. The number of benzene rings is 1. The van der Waals surface area contributed by atoms with Crippen LogP contribution in [0.4, 0.5) is 11.5 Å². The van der Waals surface area contributed by atoms with E-state index in [1.54, 1.807) is 35.1 Å². The molecule has 3 aromatic heterocycles. The number of rotatable bonds is 4. The first-order chi connectivity index (χ1) is 11.8. The van der Waals surface area contributed by atoms with Gasteiger partial charge in [0, 0.05) is 30.6 Å². The molecule has 0 spiro atoms. The maximum Gasteiger partial charge on any atom is 0.178 e. The van der Waals surface area contributed by atoms with E-state index in [9.17, 15) is 5.11 Å². The lowest BCUT2D eigenvalue weighted by molar-refractivity contribution is 0.475. The van der Waals surface area contributed by atoms with Crippen molar-refractivity contribution in [3.8, 4) is 5.75 Å². The third-order valence-electron chi connectivity index (χ3n) is 3.56. The molecule has 4 aromatic rings. The molecule has 0 aliphatic rings. The van der Waals surface area contributed by atoms with Crippen LogP contribution in [0.3, 0.4) is 0 Å². The highest BCUT2D eigenvalue weighted by Crippen LogP contribution is 2.19. The summed E-state index contributed by atoms with van der Waals surface area (Å²) in [5.74, 6) is 1.59. The Labute approximate surface area is 137 Å². The molecule has 0 aliphatic heterocycles. The van der Waals surface area contributed by atoms with Crippen molar-refractivity contribution < 1.29 is 5.11 Å². The molecule has 0 aliphatic carbocycles. The Hall–Kier alpha value is -3.48. The van der Waals surface area contributed by atoms with Crippen molar-refractivity contribution in [2.45, 2.75) is 6.42 Å². The molecule has 3 heterocycles. The standard InChI is InChI=1S/C17H14N6O/c24-14-3-1-2-13(11-14)19-15-4-5-16-20-21-17(23(16)22-15)10-12-6-8-18-9-7-12/h1-9,11,24H,10H2,(H,19,22). The zero-order chi connectivity index (χ0) is 16.4. The molecular weight excluding hydrogens is 304 g/mol. The van der Waals surface area contributed by atoms with E-state index in [0.717, 1.165) is 17.1 Å². The predicted octanol–water partition coefficient (Wildman–Crippen LogP) is 2.56. The molecule has 0 radical (unpaired) electrons. The van der Waals surface area contributed by atoms with E-state index < -0.39 is 0 Å². The van der Waals surface area contributed by atoms with Crippen LogP contribution in [0.25, 0.3) is 5.65 Å². The Bertz CT molecular complexity index is 983. The molecule has 0 saturated carbocycles. The number of fused-ring (bicyclic) bond motifs is 1. The first kappa shape index (κ1) is 14.1. The van der Waals surface area contributed by atoms with Crippen LogP contribution in [0.5, 0.6) is 5.75 Å². The number of phenols is 1. The molecule has 0 amide bonds. The smallest absolute Gasteiger partial charge is 0.178 e. The average molecular weight is 318 g/mol. The van der Waals surface area contributed by atoms with E-state index in [-0.39, 0.29) is 5.75 Å². The van der Waals surface area contributed by atoms with Crippen LogP contribution in [-0.4, -0.2) is 29.9 Å². The van der Waals surface area contributed by atoms with E-state index >= 15 is 0 Å². The second kappa shape index (κ2) is 5.96. The zero-order valence-electron chi connectivity index (χ0n) is 12.7. The van der Waals surface area contributed by atoms with Crippen LogP contribution >= 0.6 is 0 Å². The fraction of sp³-hybridized carbons (Fsp3) is 0.0588. The monoisotopic (exact) mass is 318 g/mol. The number of hydrogen-bond donors (Lipinski definition) is 2. The maximum atomic E-state index is 9.55. The van der Waals surface area contributed by atoms with Crippen molar-refractivity contribution >= 4 is 17.2 Å². The summed E-state index contributed by atoms with van der Waals surface area (Å²) in [7, 11) is 0. The number of nitrogens with zero attached hydrogens (tertiary/aromatic N) is 5. The summed E-state index contributed by atoms with van der Waals surface area (Å²) in [6.45, 7) is 0. The van der Waals surface area contributed by atoms with E-state index in [2.05, 4.69) is 25.6 Å². The molecule has 4 rings (SSSR count). The van der Waals surface area contributed by atoms with Gasteiger partial charge in [0.25, 0.3) is 0 Å². The lowest BCUT2D eigenvalue weighted by Crippen LogP contribution is -2.03. The molecule has 1 aromatic carbocycles. The SMILES string of the molecule is Oc1cccc(Nc2ccc3nnc(Cc4ccncc4)n3n2)c1. The fourth-order valence-corrected chi connectivity index (χ4v) is 2.42. The van der Waals surface area contributed by atoms with Gasteiger partial charge in [-0.3, -0.25) is 4.98 Å². The first-order valence-electron chi connectivity index (χ1n) is 7.44. The molecule has 2 N–H and O–H groups in total. The van der Waals surface area contributed by atoms with Gasteiger partial charge in [-0.25, -0.2) is 0 Å². The average Bonchev–Trinajstić information content (AvgIpc) is 2.98. The Morgan fingerprint density at radius 2 is 1.88 bits per heavy atom. The van der Waals surface area contributed by atoms with Gasteiger partial charge in [-0.15, -0.1) is 15.3 Å². The molecule has 0 saturated heterocycles. The van der Waals surface area contributed by atoms with Gasteiger partial charge >= 0.3 is 0 Å². The minimum absolute atomic E-state index is 0.198. The third kappa shape index (κ3) is 2.87. The Balaban J connectivity index is 1.65. The van der Waals surface area contributed by atoms with Crippen molar-refractivity contribution in [3.63, 3.8) is 0 Å². The van der Waals surface area contributed by atoms with Crippen LogP contribution in [0, 0.1) is 0 Å². The summed E-state index contributed by atoms with van der Waals surface area (Å²) in [6, 6.07) is 14.4. The molecule has 7 nitrogen and oxygen atoms in total. The number of pyridine rings is 1. The summed E-state index contributed by atoms with van der Waals surface area (Å²) in [6.07, 6.45) is 4.12. The van der Waals surface area contributed by atoms with Crippen LogP contribution in [-0.2, 0) is 6.42 Å². The number of aromatic nitrogens is 5. The van der Waals surface area contributed by atoms with E-state index in [1.807, 2.05) is 30.3 Å². The van der Waals surface area contributed by atoms with E-state index in [1.165, 1.54) is 0 Å². The highest BCUT2D eigenvalue weighted by molar-refractivity contribution is 5.58. The first-order valence-corrected chi connectivity index (χ1v) is 7.44.